The van der Waals surface area contributed by atoms with E-state index in [0.29, 0.717) is 5.69 Å². The zero-order valence-electron chi connectivity index (χ0n) is 8.73. The van der Waals surface area contributed by atoms with Gasteiger partial charge in [0, 0.05) is 6.42 Å². The van der Waals surface area contributed by atoms with Crippen molar-refractivity contribution in [2.24, 2.45) is 5.73 Å². The summed E-state index contributed by atoms with van der Waals surface area (Å²) < 4.78 is 0. The normalized spacial score (nSPS) is 11.4. The van der Waals surface area contributed by atoms with Gasteiger partial charge in [-0.05, 0) is 6.92 Å². The topological polar surface area (TPSA) is 80.9 Å². The van der Waals surface area contributed by atoms with Gasteiger partial charge in [0.1, 0.15) is 5.82 Å². The van der Waals surface area contributed by atoms with E-state index in [0.717, 1.165) is 12.2 Å². The number of nitrogens with zero attached hydrogens (tertiary/aromatic N) is 2. The van der Waals surface area contributed by atoms with Crippen molar-refractivity contribution in [3.05, 3.63) is 18.2 Å². The molecule has 6 heteroatoms. The second-order valence-electron chi connectivity index (χ2n) is 3.02. The molecule has 0 radical (unpaired) electrons. The molecule has 0 saturated carbocycles. The smallest absolute Gasteiger partial charge is 0.241 e. The summed E-state index contributed by atoms with van der Waals surface area (Å²) in [4.78, 5) is 19.3. The van der Waals surface area contributed by atoms with Crippen molar-refractivity contribution in [2.75, 3.05) is 5.32 Å². The minimum Gasteiger partial charge on any atom is -0.322 e. The van der Waals surface area contributed by atoms with Crippen molar-refractivity contribution in [3.63, 3.8) is 0 Å². The molecule has 0 aliphatic carbocycles. The highest BCUT2D eigenvalue weighted by atomic mass is 35.5. The number of nitrogens with one attached hydrogen (secondary N) is 1. The van der Waals surface area contributed by atoms with Gasteiger partial charge >= 0.3 is 0 Å². The molecule has 0 unspecified atom stereocenters. The lowest BCUT2D eigenvalue weighted by atomic mass is 10.3. The van der Waals surface area contributed by atoms with Crippen LogP contribution >= 0.6 is 12.4 Å². The number of carbonyl (C=O) groups excluding carboxylic acids is 1. The molecular weight excluding hydrogens is 216 g/mol. The van der Waals surface area contributed by atoms with Crippen molar-refractivity contribution in [2.45, 2.75) is 26.3 Å². The van der Waals surface area contributed by atoms with Gasteiger partial charge in [0.05, 0.1) is 24.1 Å². The molecule has 1 rings (SSSR count). The Hall–Kier alpha value is -1.20. The molecule has 3 N–H and O–H groups in total. The summed E-state index contributed by atoms with van der Waals surface area (Å²) in [6.45, 7) is 3.59. The summed E-state index contributed by atoms with van der Waals surface area (Å²) in [6.07, 6.45) is 3.93. The van der Waals surface area contributed by atoms with E-state index in [1.165, 1.54) is 0 Å². The molecule has 0 aliphatic rings. The van der Waals surface area contributed by atoms with E-state index in [9.17, 15) is 4.79 Å². The third kappa shape index (κ3) is 4.22. The van der Waals surface area contributed by atoms with Gasteiger partial charge in [-0.25, -0.2) is 9.97 Å². The SMILES string of the molecule is CCc1ncc(NC(=O)[C@@H](C)N)cn1.Cl. The average Bonchev–Trinajstić information content (AvgIpc) is 2.19. The van der Waals surface area contributed by atoms with Crippen LogP contribution in [0.25, 0.3) is 0 Å². The Bertz CT molecular complexity index is 312. The summed E-state index contributed by atoms with van der Waals surface area (Å²) in [5.74, 6) is 0.515. The average molecular weight is 231 g/mol. The Morgan fingerprint density at radius 2 is 2.07 bits per heavy atom. The Morgan fingerprint density at radius 3 is 2.47 bits per heavy atom. The molecule has 15 heavy (non-hydrogen) atoms. The number of nitrogens with two attached hydrogens (primary N) is 1. The van der Waals surface area contributed by atoms with Crippen LogP contribution < -0.4 is 11.1 Å². The summed E-state index contributed by atoms with van der Waals surface area (Å²) in [6, 6.07) is -0.527. The van der Waals surface area contributed by atoms with Crippen molar-refractivity contribution in [3.8, 4) is 0 Å². The van der Waals surface area contributed by atoms with Gasteiger partial charge in [0.2, 0.25) is 5.91 Å². The van der Waals surface area contributed by atoms with Crippen LogP contribution in [0.1, 0.15) is 19.7 Å². The molecule has 1 heterocycles. The number of aryl methyl sites for hydroxylation is 1. The van der Waals surface area contributed by atoms with Gasteiger partial charge in [-0.15, -0.1) is 12.4 Å². The standard InChI is InChI=1S/C9H14N4O.ClH/c1-3-8-11-4-7(5-12-8)13-9(14)6(2)10;/h4-6H,3,10H2,1-2H3,(H,13,14);1H/t6-;/m1./s1. The third-order valence-electron chi connectivity index (χ3n) is 1.70. The van der Waals surface area contributed by atoms with Crippen LogP contribution in [0.3, 0.4) is 0 Å². The zero-order chi connectivity index (χ0) is 10.6. The molecule has 0 bridgehead atoms. The van der Waals surface area contributed by atoms with Crippen molar-refractivity contribution >= 4 is 24.0 Å². The molecule has 84 valence electrons. The molecular formula is C9H15ClN4O. The van der Waals surface area contributed by atoms with E-state index >= 15 is 0 Å². The number of aromatic nitrogens is 2. The molecule has 0 aliphatic heterocycles. The highest BCUT2D eigenvalue weighted by Crippen LogP contribution is 2.03. The molecule has 5 nitrogen and oxygen atoms in total. The maximum atomic E-state index is 11.2. The van der Waals surface area contributed by atoms with Crippen LogP contribution in [0.15, 0.2) is 12.4 Å². The van der Waals surface area contributed by atoms with Crippen LogP contribution in [-0.2, 0) is 11.2 Å². The van der Waals surface area contributed by atoms with Crippen LogP contribution in [0.2, 0.25) is 0 Å². The minimum absolute atomic E-state index is 0. The Labute approximate surface area is 94.9 Å². The van der Waals surface area contributed by atoms with Crippen molar-refractivity contribution in [1.29, 1.82) is 0 Å². The monoisotopic (exact) mass is 230 g/mol. The summed E-state index contributed by atoms with van der Waals surface area (Å²) in [5.41, 5.74) is 5.96. The number of anilines is 1. The van der Waals surface area contributed by atoms with Gasteiger partial charge in [-0.3, -0.25) is 4.79 Å². The van der Waals surface area contributed by atoms with Crippen LogP contribution in [0.5, 0.6) is 0 Å². The number of carbonyl (C=O) groups is 1. The number of hydrogen-bond acceptors (Lipinski definition) is 4. The molecule has 1 aromatic rings. The van der Waals surface area contributed by atoms with Gasteiger partial charge in [0.15, 0.2) is 0 Å². The van der Waals surface area contributed by atoms with Crippen LogP contribution in [0, 0.1) is 0 Å². The fraction of sp³-hybridized carbons (Fsp3) is 0.444. The van der Waals surface area contributed by atoms with Gasteiger partial charge in [-0.2, -0.15) is 0 Å². The fourth-order valence-corrected chi connectivity index (χ4v) is 0.858. The molecule has 1 aromatic heterocycles. The first-order valence-electron chi connectivity index (χ1n) is 4.51. The second-order valence-corrected chi connectivity index (χ2v) is 3.02. The Balaban J connectivity index is 0.00000196. The van der Waals surface area contributed by atoms with E-state index in [4.69, 9.17) is 5.73 Å². The number of rotatable bonds is 3. The lowest BCUT2D eigenvalue weighted by molar-refractivity contribution is -0.117. The molecule has 0 saturated heterocycles. The quantitative estimate of drug-likeness (QED) is 0.803. The van der Waals surface area contributed by atoms with Gasteiger partial charge in [0.25, 0.3) is 0 Å². The lowest BCUT2D eigenvalue weighted by Gasteiger charge is -2.06. The van der Waals surface area contributed by atoms with Gasteiger partial charge < -0.3 is 11.1 Å². The van der Waals surface area contributed by atoms with Crippen LogP contribution in [0.4, 0.5) is 5.69 Å². The van der Waals surface area contributed by atoms with E-state index < -0.39 is 6.04 Å². The molecule has 1 amide bonds. The first-order valence-corrected chi connectivity index (χ1v) is 4.51. The van der Waals surface area contributed by atoms with E-state index in [2.05, 4.69) is 15.3 Å². The van der Waals surface area contributed by atoms with E-state index in [1.54, 1.807) is 19.3 Å². The second kappa shape index (κ2) is 6.31. The molecule has 0 fully saturated rings. The lowest BCUT2D eigenvalue weighted by Crippen LogP contribution is -2.32. The predicted molar refractivity (Wildman–Crippen MR) is 60.9 cm³/mol. The number of halogens is 1. The zero-order valence-corrected chi connectivity index (χ0v) is 9.54. The summed E-state index contributed by atoms with van der Waals surface area (Å²) in [5, 5.41) is 2.60. The predicted octanol–water partition coefficient (Wildman–Crippen LogP) is 0.746. The molecule has 0 aromatic carbocycles. The highest BCUT2D eigenvalue weighted by molar-refractivity contribution is 5.94. The van der Waals surface area contributed by atoms with Crippen molar-refractivity contribution in [1.82, 2.24) is 9.97 Å². The Kier molecular flexibility index (Phi) is 5.81. The minimum atomic E-state index is -0.527. The van der Waals surface area contributed by atoms with E-state index in [-0.39, 0.29) is 18.3 Å². The largest absolute Gasteiger partial charge is 0.322 e. The van der Waals surface area contributed by atoms with E-state index in [1.807, 2.05) is 6.92 Å². The molecule has 0 spiro atoms. The fourth-order valence-electron chi connectivity index (χ4n) is 0.858. The highest BCUT2D eigenvalue weighted by Gasteiger charge is 2.07. The number of hydrogen-bond donors (Lipinski definition) is 2. The third-order valence-corrected chi connectivity index (χ3v) is 1.70. The van der Waals surface area contributed by atoms with Crippen molar-refractivity contribution < 1.29 is 4.79 Å². The first-order chi connectivity index (χ1) is 6.63. The van der Waals surface area contributed by atoms with Crippen LogP contribution in [-0.4, -0.2) is 21.9 Å². The number of amides is 1. The first kappa shape index (κ1) is 13.8. The summed E-state index contributed by atoms with van der Waals surface area (Å²) >= 11 is 0. The summed E-state index contributed by atoms with van der Waals surface area (Å²) in [7, 11) is 0. The molecule has 1 atom stereocenters. The Morgan fingerprint density at radius 1 is 1.53 bits per heavy atom. The maximum absolute atomic E-state index is 11.2. The van der Waals surface area contributed by atoms with Gasteiger partial charge in [-0.1, -0.05) is 6.92 Å². The maximum Gasteiger partial charge on any atom is 0.241 e.